The van der Waals surface area contributed by atoms with E-state index in [9.17, 15) is 13.6 Å². The highest BCUT2D eigenvalue weighted by Crippen LogP contribution is 2.20. The van der Waals surface area contributed by atoms with Crippen molar-refractivity contribution in [2.75, 3.05) is 5.32 Å². The summed E-state index contributed by atoms with van der Waals surface area (Å²) in [5, 5.41) is 2.56. The number of amides is 1. The summed E-state index contributed by atoms with van der Waals surface area (Å²) in [6.07, 6.45) is 0. The molecule has 3 nitrogen and oxygen atoms in total. The predicted molar refractivity (Wildman–Crippen MR) is 81.4 cm³/mol. The molecule has 0 fully saturated rings. The highest BCUT2D eigenvalue weighted by Gasteiger charge is 2.14. The van der Waals surface area contributed by atoms with E-state index in [1.165, 1.54) is 0 Å². The lowest BCUT2D eigenvalue weighted by Gasteiger charge is -2.12. The van der Waals surface area contributed by atoms with E-state index in [0.717, 1.165) is 17.7 Å². The molecule has 0 heterocycles. The number of anilines is 1. The van der Waals surface area contributed by atoms with Gasteiger partial charge in [-0.3, -0.25) is 4.79 Å². The van der Waals surface area contributed by atoms with Crippen LogP contribution in [0, 0.1) is 18.6 Å². The summed E-state index contributed by atoms with van der Waals surface area (Å²) in [7, 11) is 0. The SMILES string of the molecule is Cc1cccc(NC(=O)c2cc(F)cc(F)c2)c1C(N)=S. The number of aryl methyl sites for hydroxylation is 1. The quantitative estimate of drug-likeness (QED) is 0.857. The molecule has 0 radical (unpaired) electrons. The summed E-state index contributed by atoms with van der Waals surface area (Å²) in [6, 6.07) is 7.74. The van der Waals surface area contributed by atoms with E-state index < -0.39 is 17.5 Å². The first-order valence-electron chi connectivity index (χ1n) is 6.05. The number of carbonyl (C=O) groups is 1. The van der Waals surface area contributed by atoms with Crippen molar-refractivity contribution in [3.8, 4) is 0 Å². The Labute approximate surface area is 125 Å². The van der Waals surface area contributed by atoms with Gasteiger partial charge in [0.2, 0.25) is 0 Å². The van der Waals surface area contributed by atoms with Crippen LogP contribution in [0.15, 0.2) is 36.4 Å². The molecule has 2 aromatic rings. The lowest BCUT2D eigenvalue weighted by molar-refractivity contribution is 0.102. The third-order valence-electron chi connectivity index (χ3n) is 2.89. The van der Waals surface area contributed by atoms with Crippen LogP contribution in [0.2, 0.25) is 0 Å². The first kappa shape index (κ1) is 15.1. The molecule has 0 aliphatic carbocycles. The van der Waals surface area contributed by atoms with Crippen molar-refractivity contribution in [3.63, 3.8) is 0 Å². The second-order valence-corrected chi connectivity index (χ2v) is 4.91. The van der Waals surface area contributed by atoms with Gasteiger partial charge in [0.05, 0.1) is 5.69 Å². The lowest BCUT2D eigenvalue weighted by atomic mass is 10.1. The van der Waals surface area contributed by atoms with Crippen LogP contribution in [-0.4, -0.2) is 10.9 Å². The molecule has 6 heteroatoms. The molecule has 0 unspecified atom stereocenters. The lowest BCUT2D eigenvalue weighted by Crippen LogP contribution is -2.19. The number of hydrogen-bond acceptors (Lipinski definition) is 2. The molecular weight excluding hydrogens is 294 g/mol. The van der Waals surface area contributed by atoms with Gasteiger partial charge in [-0.2, -0.15) is 0 Å². The number of rotatable bonds is 3. The minimum atomic E-state index is -0.820. The largest absolute Gasteiger partial charge is 0.389 e. The van der Waals surface area contributed by atoms with Crippen molar-refractivity contribution in [2.24, 2.45) is 5.73 Å². The van der Waals surface area contributed by atoms with Gasteiger partial charge in [-0.1, -0.05) is 24.4 Å². The molecule has 2 rings (SSSR count). The van der Waals surface area contributed by atoms with E-state index in [2.05, 4.69) is 5.32 Å². The maximum Gasteiger partial charge on any atom is 0.255 e. The first-order valence-corrected chi connectivity index (χ1v) is 6.46. The fourth-order valence-electron chi connectivity index (χ4n) is 1.98. The van der Waals surface area contributed by atoms with E-state index in [-0.39, 0.29) is 10.6 Å². The fourth-order valence-corrected chi connectivity index (χ4v) is 2.25. The second kappa shape index (κ2) is 5.97. The van der Waals surface area contributed by atoms with Crippen LogP contribution < -0.4 is 11.1 Å². The van der Waals surface area contributed by atoms with Gasteiger partial charge < -0.3 is 11.1 Å². The van der Waals surface area contributed by atoms with Gasteiger partial charge in [-0.05, 0) is 30.7 Å². The fraction of sp³-hybridized carbons (Fsp3) is 0.0667. The Kier molecular flexibility index (Phi) is 4.28. The van der Waals surface area contributed by atoms with Crippen LogP contribution in [0.4, 0.5) is 14.5 Å². The Hall–Kier alpha value is -2.34. The summed E-state index contributed by atoms with van der Waals surface area (Å²) >= 11 is 4.95. The van der Waals surface area contributed by atoms with E-state index in [0.29, 0.717) is 17.3 Å². The summed E-state index contributed by atoms with van der Waals surface area (Å²) in [6.45, 7) is 1.80. The molecule has 0 saturated heterocycles. The predicted octanol–water partition coefficient (Wildman–Crippen LogP) is 3.16. The molecule has 0 spiro atoms. The van der Waals surface area contributed by atoms with E-state index in [1.807, 2.05) is 0 Å². The molecule has 0 aliphatic rings. The molecule has 0 saturated carbocycles. The molecule has 0 aliphatic heterocycles. The van der Waals surface area contributed by atoms with Crippen molar-refractivity contribution in [3.05, 3.63) is 64.7 Å². The molecule has 0 atom stereocenters. The van der Waals surface area contributed by atoms with E-state index in [1.54, 1.807) is 25.1 Å². The molecule has 0 bridgehead atoms. The van der Waals surface area contributed by atoms with Crippen LogP contribution in [0.3, 0.4) is 0 Å². The summed E-state index contributed by atoms with van der Waals surface area (Å²) in [4.78, 5) is 12.2. The minimum Gasteiger partial charge on any atom is -0.389 e. The Bertz CT molecular complexity index is 711. The summed E-state index contributed by atoms with van der Waals surface area (Å²) < 4.78 is 26.3. The second-order valence-electron chi connectivity index (χ2n) is 4.47. The molecule has 108 valence electrons. The highest BCUT2D eigenvalue weighted by molar-refractivity contribution is 7.80. The smallest absolute Gasteiger partial charge is 0.255 e. The van der Waals surface area contributed by atoms with Crippen molar-refractivity contribution < 1.29 is 13.6 Å². The van der Waals surface area contributed by atoms with Crippen LogP contribution in [0.25, 0.3) is 0 Å². The summed E-state index contributed by atoms with van der Waals surface area (Å²) in [5.41, 5.74) is 7.24. The number of benzene rings is 2. The third-order valence-corrected chi connectivity index (χ3v) is 3.10. The zero-order valence-corrected chi connectivity index (χ0v) is 11.9. The Balaban J connectivity index is 2.36. The molecule has 3 N–H and O–H groups in total. The summed E-state index contributed by atoms with van der Waals surface area (Å²) in [5.74, 6) is -2.28. The van der Waals surface area contributed by atoms with Gasteiger partial charge >= 0.3 is 0 Å². The normalized spacial score (nSPS) is 10.2. The van der Waals surface area contributed by atoms with Crippen LogP contribution in [0.5, 0.6) is 0 Å². The Morgan fingerprint density at radius 1 is 1.19 bits per heavy atom. The maximum atomic E-state index is 13.1. The first-order chi connectivity index (χ1) is 9.88. The topological polar surface area (TPSA) is 55.1 Å². The number of thiocarbonyl (C=S) groups is 1. The monoisotopic (exact) mass is 306 g/mol. The number of halogens is 2. The Morgan fingerprint density at radius 3 is 2.38 bits per heavy atom. The number of nitrogens with one attached hydrogen (secondary N) is 1. The van der Waals surface area contributed by atoms with E-state index in [4.69, 9.17) is 18.0 Å². The minimum absolute atomic E-state index is 0.122. The average molecular weight is 306 g/mol. The van der Waals surface area contributed by atoms with Gasteiger partial charge in [-0.25, -0.2) is 8.78 Å². The van der Waals surface area contributed by atoms with Crippen molar-refractivity contribution >= 4 is 28.8 Å². The number of carbonyl (C=O) groups excluding carboxylic acids is 1. The zero-order valence-electron chi connectivity index (χ0n) is 11.1. The maximum absolute atomic E-state index is 13.1. The van der Waals surface area contributed by atoms with Gasteiger partial charge in [0.15, 0.2) is 0 Å². The highest BCUT2D eigenvalue weighted by atomic mass is 32.1. The number of nitrogens with two attached hydrogens (primary N) is 1. The molecule has 0 aromatic heterocycles. The molecular formula is C15H12F2N2OS. The Morgan fingerprint density at radius 2 is 1.81 bits per heavy atom. The zero-order chi connectivity index (χ0) is 15.6. The van der Waals surface area contributed by atoms with Crippen molar-refractivity contribution in [2.45, 2.75) is 6.92 Å². The molecule has 2 aromatic carbocycles. The third kappa shape index (κ3) is 3.41. The van der Waals surface area contributed by atoms with Crippen molar-refractivity contribution in [1.29, 1.82) is 0 Å². The standard InChI is InChI=1S/C15H12F2N2OS/c1-8-3-2-4-12(13(8)14(18)21)19-15(20)9-5-10(16)7-11(17)6-9/h2-7H,1H3,(H2,18,21)(H,19,20). The van der Waals surface area contributed by atoms with Gasteiger partial charge in [0.1, 0.15) is 16.6 Å². The number of hydrogen-bond donors (Lipinski definition) is 2. The van der Waals surface area contributed by atoms with Gasteiger partial charge in [0.25, 0.3) is 5.91 Å². The van der Waals surface area contributed by atoms with Gasteiger partial charge in [0, 0.05) is 17.2 Å². The van der Waals surface area contributed by atoms with Crippen LogP contribution in [0.1, 0.15) is 21.5 Å². The van der Waals surface area contributed by atoms with Crippen LogP contribution >= 0.6 is 12.2 Å². The molecule has 1 amide bonds. The van der Waals surface area contributed by atoms with Crippen molar-refractivity contribution in [1.82, 2.24) is 0 Å². The van der Waals surface area contributed by atoms with Gasteiger partial charge in [-0.15, -0.1) is 0 Å². The average Bonchev–Trinajstić information content (AvgIpc) is 2.37. The molecule has 21 heavy (non-hydrogen) atoms. The van der Waals surface area contributed by atoms with Crippen LogP contribution in [-0.2, 0) is 0 Å². The van der Waals surface area contributed by atoms with E-state index >= 15 is 0 Å².